The van der Waals surface area contributed by atoms with Gasteiger partial charge >= 0.3 is 0 Å². The van der Waals surface area contributed by atoms with Gasteiger partial charge in [-0.05, 0) is 0 Å². The first-order chi connectivity index (χ1) is 6.72. The Morgan fingerprint density at radius 2 is 2.36 bits per heavy atom. The Morgan fingerprint density at radius 3 is 3.00 bits per heavy atom. The number of ether oxygens (including phenoxy) is 1. The lowest BCUT2D eigenvalue weighted by Crippen LogP contribution is -1.90. The van der Waals surface area contributed by atoms with Crippen molar-refractivity contribution >= 4 is 16.8 Å². The number of nitrogens with zero attached hydrogens (tertiary/aromatic N) is 2. The van der Waals surface area contributed by atoms with Crippen molar-refractivity contribution in [3.63, 3.8) is 0 Å². The van der Waals surface area contributed by atoms with Crippen LogP contribution in [-0.2, 0) is 0 Å². The van der Waals surface area contributed by atoms with E-state index in [1.165, 1.54) is 25.6 Å². The van der Waals surface area contributed by atoms with Crippen LogP contribution in [0.25, 0.3) is 11.1 Å². The van der Waals surface area contributed by atoms with Crippen LogP contribution < -0.4 is 4.74 Å². The van der Waals surface area contributed by atoms with E-state index >= 15 is 0 Å². The largest absolute Gasteiger partial charge is 0.492 e. The van der Waals surface area contributed by atoms with Crippen LogP contribution in [-0.4, -0.2) is 17.0 Å². The average Bonchev–Trinajstić information content (AvgIpc) is 2.63. The molecule has 72 valence electrons. The third-order valence-corrected chi connectivity index (χ3v) is 1.81. The van der Waals surface area contributed by atoms with E-state index in [4.69, 9.17) is 9.15 Å². The van der Waals surface area contributed by atoms with Gasteiger partial charge in [-0.25, -0.2) is 4.98 Å². The van der Waals surface area contributed by atoms with Crippen LogP contribution in [0, 0.1) is 10.1 Å². The highest BCUT2D eigenvalue weighted by molar-refractivity contribution is 5.81. The number of hydrogen-bond acceptors (Lipinski definition) is 5. The molecular formula is C8H6N2O4. The van der Waals surface area contributed by atoms with Gasteiger partial charge in [-0.3, -0.25) is 10.1 Å². The molecule has 2 aromatic rings. The van der Waals surface area contributed by atoms with Gasteiger partial charge in [0, 0.05) is 6.07 Å². The second kappa shape index (κ2) is 2.99. The van der Waals surface area contributed by atoms with Gasteiger partial charge in [0.05, 0.1) is 18.1 Å². The normalized spacial score (nSPS) is 10.4. The molecule has 6 heteroatoms. The minimum Gasteiger partial charge on any atom is -0.492 e. The van der Waals surface area contributed by atoms with Gasteiger partial charge in [0.1, 0.15) is 5.52 Å². The molecule has 6 nitrogen and oxygen atoms in total. The molecule has 0 spiro atoms. The molecular weight excluding hydrogens is 188 g/mol. The molecule has 0 aliphatic heterocycles. The standard InChI is InChI=1S/C8H6N2O4/c1-13-7-3-5(10(11)12)2-6-8(7)14-4-9-6/h2-4H,1H3. The second-order valence-electron chi connectivity index (χ2n) is 2.61. The fourth-order valence-corrected chi connectivity index (χ4v) is 1.18. The van der Waals surface area contributed by atoms with E-state index in [-0.39, 0.29) is 5.69 Å². The van der Waals surface area contributed by atoms with Crippen LogP contribution in [0.15, 0.2) is 22.9 Å². The van der Waals surface area contributed by atoms with Gasteiger partial charge in [-0.1, -0.05) is 0 Å². The van der Waals surface area contributed by atoms with E-state index in [1.807, 2.05) is 0 Å². The maximum atomic E-state index is 10.5. The Hall–Kier alpha value is -2.11. The van der Waals surface area contributed by atoms with Gasteiger partial charge in [-0.2, -0.15) is 0 Å². The quantitative estimate of drug-likeness (QED) is 0.537. The van der Waals surface area contributed by atoms with Gasteiger partial charge in [0.25, 0.3) is 5.69 Å². The molecule has 0 bridgehead atoms. The summed E-state index contributed by atoms with van der Waals surface area (Å²) in [5.74, 6) is 0.312. The summed E-state index contributed by atoms with van der Waals surface area (Å²) in [7, 11) is 1.42. The fraction of sp³-hybridized carbons (Fsp3) is 0.125. The zero-order chi connectivity index (χ0) is 10.1. The predicted octanol–water partition coefficient (Wildman–Crippen LogP) is 1.74. The van der Waals surface area contributed by atoms with Crippen LogP contribution in [0.5, 0.6) is 5.75 Å². The summed E-state index contributed by atoms with van der Waals surface area (Å²) in [4.78, 5) is 13.8. The van der Waals surface area contributed by atoms with Crippen molar-refractivity contribution in [1.82, 2.24) is 4.98 Å². The van der Waals surface area contributed by atoms with Crippen molar-refractivity contribution in [1.29, 1.82) is 0 Å². The number of rotatable bonds is 2. The van der Waals surface area contributed by atoms with Crippen LogP contribution >= 0.6 is 0 Å². The number of hydrogen-bond donors (Lipinski definition) is 0. The summed E-state index contributed by atoms with van der Waals surface area (Å²) in [6.07, 6.45) is 1.22. The van der Waals surface area contributed by atoms with Crippen LogP contribution in [0.2, 0.25) is 0 Å². The topological polar surface area (TPSA) is 78.4 Å². The Bertz CT molecular complexity index is 491. The first kappa shape index (κ1) is 8.49. The van der Waals surface area contributed by atoms with Crippen molar-refractivity contribution in [3.05, 3.63) is 28.6 Å². The van der Waals surface area contributed by atoms with Crippen LogP contribution in [0.1, 0.15) is 0 Å². The molecule has 1 heterocycles. The summed E-state index contributed by atoms with van der Waals surface area (Å²) in [5, 5.41) is 10.5. The van der Waals surface area contributed by atoms with E-state index in [0.717, 1.165) is 0 Å². The summed E-state index contributed by atoms with van der Waals surface area (Å²) in [6, 6.07) is 2.63. The summed E-state index contributed by atoms with van der Waals surface area (Å²) < 4.78 is 9.95. The molecule has 0 saturated carbocycles. The first-order valence-electron chi connectivity index (χ1n) is 3.78. The predicted molar refractivity (Wildman–Crippen MR) is 47.2 cm³/mol. The summed E-state index contributed by atoms with van der Waals surface area (Å²) in [6.45, 7) is 0. The average molecular weight is 194 g/mol. The molecule has 0 aliphatic carbocycles. The third kappa shape index (κ3) is 1.17. The van der Waals surface area contributed by atoms with Gasteiger partial charge < -0.3 is 9.15 Å². The Labute approximate surface area is 78.3 Å². The minimum atomic E-state index is -0.503. The molecule has 0 aliphatic rings. The number of non-ortho nitro benzene ring substituents is 1. The molecule has 14 heavy (non-hydrogen) atoms. The highest BCUT2D eigenvalue weighted by atomic mass is 16.6. The second-order valence-corrected chi connectivity index (χ2v) is 2.61. The number of nitro groups is 1. The molecule has 0 atom stereocenters. The van der Waals surface area contributed by atoms with Crippen molar-refractivity contribution in [2.24, 2.45) is 0 Å². The zero-order valence-electron chi connectivity index (χ0n) is 7.26. The molecule has 0 unspecified atom stereocenters. The SMILES string of the molecule is COc1cc([N+](=O)[O-])cc2ncoc12. The smallest absolute Gasteiger partial charge is 0.275 e. The molecule has 0 radical (unpaired) electrons. The summed E-state index contributed by atoms with van der Waals surface area (Å²) in [5.41, 5.74) is 0.761. The number of fused-ring (bicyclic) bond motifs is 1. The van der Waals surface area contributed by atoms with E-state index in [1.54, 1.807) is 0 Å². The summed E-state index contributed by atoms with van der Waals surface area (Å²) >= 11 is 0. The lowest BCUT2D eigenvalue weighted by molar-refractivity contribution is -0.384. The van der Waals surface area contributed by atoms with Crippen molar-refractivity contribution in [2.45, 2.75) is 0 Å². The van der Waals surface area contributed by atoms with E-state index in [9.17, 15) is 10.1 Å². The first-order valence-corrected chi connectivity index (χ1v) is 3.78. The van der Waals surface area contributed by atoms with E-state index < -0.39 is 4.92 Å². The Morgan fingerprint density at radius 1 is 1.57 bits per heavy atom. The number of aromatic nitrogens is 1. The molecule has 2 rings (SSSR count). The maximum Gasteiger partial charge on any atom is 0.275 e. The van der Waals surface area contributed by atoms with Crippen molar-refractivity contribution < 1.29 is 14.1 Å². The zero-order valence-corrected chi connectivity index (χ0v) is 7.26. The van der Waals surface area contributed by atoms with Crippen molar-refractivity contribution in [2.75, 3.05) is 7.11 Å². The molecule has 1 aromatic heterocycles. The lowest BCUT2D eigenvalue weighted by atomic mass is 10.2. The monoisotopic (exact) mass is 194 g/mol. The molecule has 0 N–H and O–H groups in total. The Kier molecular flexibility index (Phi) is 1.81. The number of methoxy groups -OCH3 is 1. The molecule has 0 saturated heterocycles. The highest BCUT2D eigenvalue weighted by Gasteiger charge is 2.14. The third-order valence-electron chi connectivity index (χ3n) is 1.81. The van der Waals surface area contributed by atoms with Crippen LogP contribution in [0.4, 0.5) is 5.69 Å². The Balaban J connectivity index is 2.73. The van der Waals surface area contributed by atoms with Gasteiger partial charge in [-0.15, -0.1) is 0 Å². The maximum absolute atomic E-state index is 10.5. The molecule has 0 amide bonds. The van der Waals surface area contributed by atoms with Gasteiger partial charge in [0.15, 0.2) is 17.7 Å². The molecule has 0 fully saturated rings. The number of oxazole rings is 1. The minimum absolute atomic E-state index is 0.0664. The van der Waals surface area contributed by atoms with Crippen molar-refractivity contribution in [3.8, 4) is 5.75 Å². The number of nitro benzene ring substituents is 1. The number of benzene rings is 1. The molecule has 1 aromatic carbocycles. The van der Waals surface area contributed by atoms with E-state index in [0.29, 0.717) is 16.8 Å². The van der Waals surface area contributed by atoms with Gasteiger partial charge in [0.2, 0.25) is 0 Å². The fourth-order valence-electron chi connectivity index (χ4n) is 1.18. The lowest BCUT2D eigenvalue weighted by Gasteiger charge is -1.98. The van der Waals surface area contributed by atoms with Crippen LogP contribution in [0.3, 0.4) is 0 Å². The van der Waals surface area contributed by atoms with E-state index in [2.05, 4.69) is 4.98 Å². The highest BCUT2D eigenvalue weighted by Crippen LogP contribution is 2.29.